The number of phenolic OH excluding ortho intramolecular Hbond substituents is 2. The number of aliphatic carboxylic acids is 1. The van der Waals surface area contributed by atoms with Crippen LogP contribution < -0.4 is 0 Å². The Labute approximate surface area is 249 Å². The molecular formula is C34H41F5O4. The zero-order valence-electron chi connectivity index (χ0n) is 24.7. The van der Waals surface area contributed by atoms with Crippen molar-refractivity contribution in [2.75, 3.05) is 0 Å². The van der Waals surface area contributed by atoms with Crippen LogP contribution in [0.15, 0.2) is 48.5 Å². The summed E-state index contributed by atoms with van der Waals surface area (Å²) in [5.74, 6) is -6.30. The number of hydrogen-bond donors (Lipinski definition) is 3. The van der Waals surface area contributed by atoms with E-state index in [2.05, 4.69) is 6.92 Å². The van der Waals surface area contributed by atoms with E-state index in [1.54, 1.807) is 31.2 Å². The van der Waals surface area contributed by atoms with Crippen LogP contribution >= 0.6 is 0 Å². The van der Waals surface area contributed by atoms with Crippen LogP contribution in [0.25, 0.3) is 21.9 Å². The number of halogens is 5. The molecule has 0 aliphatic heterocycles. The highest BCUT2D eigenvalue weighted by Crippen LogP contribution is 2.48. The molecule has 0 fully saturated rings. The fourth-order valence-electron chi connectivity index (χ4n) is 6.02. The van der Waals surface area contributed by atoms with Crippen molar-refractivity contribution in [2.45, 2.75) is 108 Å². The van der Waals surface area contributed by atoms with Crippen LogP contribution in [0, 0.1) is 6.92 Å². The molecule has 3 rings (SSSR count). The molecule has 0 spiro atoms. The molecule has 236 valence electrons. The monoisotopic (exact) mass is 608 g/mol. The Morgan fingerprint density at radius 2 is 1.26 bits per heavy atom. The molecular weight excluding hydrogens is 567 g/mol. The van der Waals surface area contributed by atoms with Crippen LogP contribution in [-0.4, -0.2) is 33.4 Å². The Bertz CT molecular complexity index is 1390. The number of phenols is 2. The van der Waals surface area contributed by atoms with E-state index in [1.165, 1.54) is 24.3 Å². The van der Waals surface area contributed by atoms with Crippen molar-refractivity contribution in [1.82, 2.24) is 0 Å². The highest BCUT2D eigenvalue weighted by molar-refractivity contribution is 5.99. The average Bonchev–Trinajstić information content (AvgIpc) is 2.92. The maximum atomic E-state index is 14.0. The lowest BCUT2D eigenvalue weighted by Gasteiger charge is -2.34. The van der Waals surface area contributed by atoms with Crippen molar-refractivity contribution in [3.8, 4) is 22.6 Å². The Balaban J connectivity index is 2.14. The first-order valence-electron chi connectivity index (χ1n) is 15.0. The number of carboxylic acid groups (broad SMARTS) is 1. The van der Waals surface area contributed by atoms with Crippen LogP contribution in [0.2, 0.25) is 0 Å². The molecule has 0 heterocycles. The fourth-order valence-corrected chi connectivity index (χ4v) is 6.02. The lowest BCUT2D eigenvalue weighted by Crippen LogP contribution is -2.39. The van der Waals surface area contributed by atoms with E-state index in [-0.39, 0.29) is 17.9 Å². The van der Waals surface area contributed by atoms with Gasteiger partial charge in [0.25, 0.3) is 0 Å². The van der Waals surface area contributed by atoms with Crippen LogP contribution in [0.4, 0.5) is 22.0 Å². The number of fused-ring (bicyclic) bond motifs is 1. The first-order valence-corrected chi connectivity index (χ1v) is 15.0. The zero-order valence-corrected chi connectivity index (χ0v) is 24.7. The number of aromatic hydroxyl groups is 2. The third kappa shape index (κ3) is 8.18. The van der Waals surface area contributed by atoms with E-state index in [0.717, 1.165) is 38.5 Å². The Morgan fingerprint density at radius 1 is 0.698 bits per heavy atom. The fraction of sp³-hybridized carbons (Fsp3) is 0.500. The number of rotatable bonds is 16. The maximum absolute atomic E-state index is 14.0. The zero-order chi connectivity index (χ0) is 31.8. The molecule has 0 aliphatic carbocycles. The van der Waals surface area contributed by atoms with Crippen LogP contribution in [0.1, 0.15) is 95.1 Å². The second-order valence-corrected chi connectivity index (χ2v) is 11.6. The quantitative estimate of drug-likeness (QED) is 0.112. The smallest absolute Gasteiger partial charge is 0.453 e. The van der Waals surface area contributed by atoms with Gasteiger partial charge in [0.2, 0.25) is 0 Å². The number of carboxylic acids is 1. The van der Waals surface area contributed by atoms with Crippen molar-refractivity contribution in [3.63, 3.8) is 0 Å². The van der Waals surface area contributed by atoms with E-state index in [0.29, 0.717) is 45.9 Å². The van der Waals surface area contributed by atoms with Crippen LogP contribution in [0.3, 0.4) is 0 Å². The molecule has 0 radical (unpaired) electrons. The molecule has 1 atom stereocenters. The lowest BCUT2D eigenvalue weighted by atomic mass is 9.68. The van der Waals surface area contributed by atoms with E-state index in [9.17, 15) is 42.1 Å². The van der Waals surface area contributed by atoms with Crippen molar-refractivity contribution in [2.24, 2.45) is 0 Å². The van der Waals surface area contributed by atoms with Crippen molar-refractivity contribution >= 4 is 16.7 Å². The van der Waals surface area contributed by atoms with Gasteiger partial charge in [-0.05, 0) is 83.5 Å². The van der Waals surface area contributed by atoms with Crippen molar-refractivity contribution < 1.29 is 42.1 Å². The van der Waals surface area contributed by atoms with E-state index < -0.39 is 42.7 Å². The average molecular weight is 609 g/mol. The van der Waals surface area contributed by atoms with Crippen molar-refractivity contribution in [1.29, 1.82) is 0 Å². The number of unbranched alkanes of at least 4 members (excludes halogenated alkanes) is 7. The predicted molar refractivity (Wildman–Crippen MR) is 159 cm³/mol. The summed E-state index contributed by atoms with van der Waals surface area (Å²) in [7, 11) is 0. The predicted octanol–water partition coefficient (Wildman–Crippen LogP) is 10.4. The summed E-state index contributed by atoms with van der Waals surface area (Å²) in [5.41, 5.74) is 0.240. The van der Waals surface area contributed by atoms with Gasteiger partial charge in [0, 0.05) is 6.42 Å². The van der Waals surface area contributed by atoms with Gasteiger partial charge >= 0.3 is 18.1 Å². The molecule has 9 heteroatoms. The molecule has 0 aliphatic rings. The minimum atomic E-state index is -5.73. The molecule has 3 aromatic carbocycles. The van der Waals surface area contributed by atoms with Crippen LogP contribution in [0.5, 0.6) is 11.5 Å². The summed E-state index contributed by atoms with van der Waals surface area (Å²) in [6, 6.07) is 12.4. The number of hydrogen-bond acceptors (Lipinski definition) is 3. The van der Waals surface area contributed by atoms with Crippen LogP contribution in [-0.2, 0) is 10.2 Å². The molecule has 0 bridgehead atoms. The molecule has 3 aromatic rings. The number of alkyl halides is 5. The molecule has 4 nitrogen and oxygen atoms in total. The first-order chi connectivity index (χ1) is 20.2. The van der Waals surface area contributed by atoms with Gasteiger partial charge in [0.1, 0.15) is 11.5 Å². The van der Waals surface area contributed by atoms with Gasteiger partial charge in [0.05, 0.1) is 5.41 Å². The molecule has 0 aromatic heterocycles. The third-order valence-corrected chi connectivity index (χ3v) is 8.36. The summed E-state index contributed by atoms with van der Waals surface area (Å²) >= 11 is 0. The molecule has 0 saturated heterocycles. The summed E-state index contributed by atoms with van der Waals surface area (Å²) in [4.78, 5) is 13.3. The minimum Gasteiger partial charge on any atom is -0.508 e. The lowest BCUT2D eigenvalue weighted by molar-refractivity contribution is -0.284. The van der Waals surface area contributed by atoms with E-state index in [1.807, 2.05) is 0 Å². The number of carbonyl (C=O) groups is 1. The van der Waals surface area contributed by atoms with Gasteiger partial charge in [-0.1, -0.05) is 82.6 Å². The van der Waals surface area contributed by atoms with Gasteiger partial charge in [-0.15, -0.1) is 0 Å². The standard InChI is InChI=1S/C34H41F5O4/c1-3-4-5-6-7-8-9-10-18-32(31(42)43,19-11-20-33(35,36)34(37,38)39)30-28-17-14-26(41)22-24(28)12-15-29(30)27-16-13-25(40)21-23(27)2/h12-17,21-22,40-41H,3-11,18-20H2,1-2H3,(H,42,43). The Morgan fingerprint density at radius 3 is 1.86 bits per heavy atom. The molecule has 1 unspecified atom stereocenters. The van der Waals surface area contributed by atoms with E-state index >= 15 is 0 Å². The minimum absolute atomic E-state index is 0.00586. The molecule has 0 amide bonds. The molecule has 0 saturated carbocycles. The van der Waals surface area contributed by atoms with Gasteiger partial charge in [-0.25, -0.2) is 0 Å². The van der Waals surface area contributed by atoms with E-state index in [4.69, 9.17) is 0 Å². The highest BCUT2D eigenvalue weighted by atomic mass is 19.4. The first kappa shape index (κ1) is 34.1. The molecule has 43 heavy (non-hydrogen) atoms. The second-order valence-electron chi connectivity index (χ2n) is 11.6. The summed E-state index contributed by atoms with van der Waals surface area (Å²) in [6.07, 6.45) is -0.931. The second kappa shape index (κ2) is 14.4. The highest BCUT2D eigenvalue weighted by Gasteiger charge is 2.57. The SMILES string of the molecule is CCCCCCCCCCC(CCCC(F)(F)C(F)(F)F)(C(=O)O)c1c(-c2ccc(O)cc2C)ccc2cc(O)ccc12. The number of benzene rings is 3. The van der Waals surface area contributed by atoms with Gasteiger partial charge in [0.15, 0.2) is 0 Å². The Hall–Kier alpha value is -3.36. The van der Waals surface area contributed by atoms with Gasteiger partial charge < -0.3 is 15.3 Å². The normalized spacial score (nSPS) is 13.7. The Kier molecular flexibility index (Phi) is 11.4. The van der Waals surface area contributed by atoms with Crippen molar-refractivity contribution in [3.05, 3.63) is 59.7 Å². The largest absolute Gasteiger partial charge is 0.508 e. The van der Waals surface area contributed by atoms with Gasteiger partial charge in [-0.2, -0.15) is 22.0 Å². The number of aryl methyl sites for hydroxylation is 1. The summed E-state index contributed by atoms with van der Waals surface area (Å²) in [5, 5.41) is 32.0. The summed E-state index contributed by atoms with van der Waals surface area (Å²) < 4.78 is 67.1. The van der Waals surface area contributed by atoms with Gasteiger partial charge in [-0.3, -0.25) is 4.79 Å². The topological polar surface area (TPSA) is 77.8 Å². The summed E-state index contributed by atoms with van der Waals surface area (Å²) in [6.45, 7) is 3.86. The maximum Gasteiger partial charge on any atom is 0.453 e. The third-order valence-electron chi connectivity index (χ3n) is 8.36. The molecule has 3 N–H and O–H groups in total.